The highest BCUT2D eigenvalue weighted by Crippen LogP contribution is 2.20. The van der Waals surface area contributed by atoms with E-state index in [1.54, 1.807) is 11.9 Å². The van der Waals surface area contributed by atoms with Gasteiger partial charge < -0.3 is 15.7 Å². The Morgan fingerprint density at radius 1 is 1.36 bits per heavy atom. The van der Waals surface area contributed by atoms with Crippen molar-refractivity contribution in [2.75, 3.05) is 7.05 Å². The van der Waals surface area contributed by atoms with E-state index in [9.17, 15) is 9.90 Å². The van der Waals surface area contributed by atoms with Crippen LogP contribution in [0.1, 0.15) is 44.3 Å². The summed E-state index contributed by atoms with van der Waals surface area (Å²) in [4.78, 5) is 13.9. The summed E-state index contributed by atoms with van der Waals surface area (Å²) in [6.07, 6.45) is 4.66. The van der Waals surface area contributed by atoms with E-state index in [1.165, 1.54) is 0 Å². The monoisotopic (exact) mass is 304 g/mol. The Morgan fingerprint density at radius 3 is 2.59 bits per heavy atom. The Labute approximate surface area is 133 Å². The highest BCUT2D eigenvalue weighted by atomic mass is 16.3. The van der Waals surface area contributed by atoms with Crippen molar-refractivity contribution in [2.24, 2.45) is 5.73 Å². The van der Waals surface area contributed by atoms with Gasteiger partial charge in [-0.1, -0.05) is 42.8 Å². The number of hydrogen-bond donors (Lipinski definition) is 2. The highest BCUT2D eigenvalue weighted by Gasteiger charge is 2.26. The van der Waals surface area contributed by atoms with Gasteiger partial charge in [-0.15, -0.1) is 6.58 Å². The molecule has 0 saturated heterocycles. The van der Waals surface area contributed by atoms with Crippen LogP contribution in [-0.2, 0) is 4.79 Å². The van der Waals surface area contributed by atoms with E-state index < -0.39 is 12.1 Å². The first-order chi connectivity index (χ1) is 10.5. The number of amides is 1. The second-order valence-electron chi connectivity index (χ2n) is 5.72. The average molecular weight is 304 g/mol. The molecule has 0 aliphatic carbocycles. The van der Waals surface area contributed by atoms with Crippen LogP contribution in [0.15, 0.2) is 43.0 Å². The minimum Gasteiger partial charge on any atom is -0.386 e. The Kier molecular flexibility index (Phi) is 7.85. The van der Waals surface area contributed by atoms with E-state index in [0.29, 0.717) is 6.42 Å². The highest BCUT2D eigenvalue weighted by molar-refractivity contribution is 5.81. The van der Waals surface area contributed by atoms with Gasteiger partial charge in [0.1, 0.15) is 0 Å². The first kappa shape index (κ1) is 18.4. The van der Waals surface area contributed by atoms with Gasteiger partial charge in [0, 0.05) is 7.05 Å². The van der Waals surface area contributed by atoms with Crippen molar-refractivity contribution < 1.29 is 9.90 Å². The molecule has 0 heterocycles. The smallest absolute Gasteiger partial charge is 0.239 e. The number of likely N-dealkylation sites (N-methyl/N-ethyl adjacent to an activating group) is 1. The van der Waals surface area contributed by atoms with Gasteiger partial charge in [0.05, 0.1) is 18.2 Å². The predicted molar refractivity (Wildman–Crippen MR) is 90.3 cm³/mol. The SMILES string of the molecule is C=CCCCC[C@H](N)C(=O)N(C)[C@H](C)[C@H](O)c1ccccc1. The van der Waals surface area contributed by atoms with Gasteiger partial charge in [0.15, 0.2) is 0 Å². The van der Waals surface area contributed by atoms with Gasteiger partial charge in [-0.25, -0.2) is 0 Å². The third-order valence-electron chi connectivity index (χ3n) is 4.05. The molecule has 0 aromatic heterocycles. The average Bonchev–Trinajstić information content (AvgIpc) is 2.56. The molecule has 0 saturated carbocycles. The first-order valence-electron chi connectivity index (χ1n) is 7.85. The molecule has 0 aliphatic heterocycles. The summed E-state index contributed by atoms with van der Waals surface area (Å²) in [5.41, 5.74) is 6.78. The largest absolute Gasteiger partial charge is 0.386 e. The lowest BCUT2D eigenvalue weighted by molar-refractivity contribution is -0.135. The lowest BCUT2D eigenvalue weighted by Gasteiger charge is -2.31. The zero-order valence-corrected chi connectivity index (χ0v) is 13.6. The van der Waals surface area contributed by atoms with Crippen LogP contribution in [0.3, 0.4) is 0 Å². The van der Waals surface area contributed by atoms with Crippen LogP contribution in [0.2, 0.25) is 0 Å². The number of nitrogens with two attached hydrogens (primary N) is 1. The van der Waals surface area contributed by atoms with Gasteiger partial charge in [-0.2, -0.15) is 0 Å². The molecule has 122 valence electrons. The zero-order chi connectivity index (χ0) is 16.5. The van der Waals surface area contributed by atoms with Crippen molar-refractivity contribution in [1.29, 1.82) is 0 Å². The van der Waals surface area contributed by atoms with Gasteiger partial charge in [0.25, 0.3) is 0 Å². The molecule has 1 amide bonds. The van der Waals surface area contributed by atoms with Crippen LogP contribution in [0.5, 0.6) is 0 Å². The maximum Gasteiger partial charge on any atom is 0.239 e. The number of hydrogen-bond acceptors (Lipinski definition) is 3. The van der Waals surface area contributed by atoms with Gasteiger partial charge in [0.2, 0.25) is 5.91 Å². The Balaban J connectivity index is 2.55. The molecule has 3 atom stereocenters. The van der Waals surface area contributed by atoms with Gasteiger partial charge in [-0.3, -0.25) is 4.79 Å². The molecular weight excluding hydrogens is 276 g/mol. The Hall–Kier alpha value is -1.65. The molecule has 0 radical (unpaired) electrons. The maximum absolute atomic E-state index is 12.4. The first-order valence-corrected chi connectivity index (χ1v) is 7.85. The number of allylic oxidation sites excluding steroid dienone is 1. The van der Waals surface area contributed by atoms with Crippen molar-refractivity contribution in [2.45, 2.75) is 50.8 Å². The molecule has 1 aromatic carbocycles. The molecule has 0 aliphatic rings. The molecule has 0 unspecified atom stereocenters. The van der Waals surface area contributed by atoms with E-state index in [0.717, 1.165) is 24.8 Å². The molecule has 1 rings (SSSR count). The van der Waals surface area contributed by atoms with E-state index in [4.69, 9.17) is 5.73 Å². The van der Waals surface area contributed by atoms with E-state index in [2.05, 4.69) is 6.58 Å². The maximum atomic E-state index is 12.4. The number of aliphatic hydroxyl groups is 1. The standard InChI is InChI=1S/C18H28N2O2/c1-4-5-6-10-13-16(19)18(22)20(3)14(2)17(21)15-11-8-7-9-12-15/h4,7-9,11-12,14,16-17,21H,1,5-6,10,13,19H2,2-3H3/t14-,16+,17+/m1/s1. The van der Waals surface area contributed by atoms with Crippen LogP contribution in [-0.4, -0.2) is 35.0 Å². The normalized spacial score (nSPS) is 14.9. The van der Waals surface area contributed by atoms with E-state index in [1.807, 2.05) is 43.3 Å². The summed E-state index contributed by atoms with van der Waals surface area (Å²) in [6.45, 7) is 5.51. The molecule has 3 N–H and O–H groups in total. The fourth-order valence-electron chi connectivity index (χ4n) is 2.38. The summed E-state index contributed by atoms with van der Waals surface area (Å²) in [6, 6.07) is 8.52. The number of unbranched alkanes of at least 4 members (excludes halogenated alkanes) is 2. The van der Waals surface area contributed by atoms with Gasteiger partial charge in [-0.05, 0) is 31.7 Å². The second kappa shape index (κ2) is 9.38. The summed E-state index contributed by atoms with van der Waals surface area (Å²) >= 11 is 0. The van der Waals surface area contributed by atoms with Crippen LogP contribution < -0.4 is 5.73 Å². The Morgan fingerprint density at radius 2 is 2.00 bits per heavy atom. The van der Waals surface area contributed by atoms with Crippen molar-refractivity contribution >= 4 is 5.91 Å². The second-order valence-corrected chi connectivity index (χ2v) is 5.72. The molecule has 0 bridgehead atoms. The molecule has 0 fully saturated rings. The zero-order valence-electron chi connectivity index (χ0n) is 13.6. The topological polar surface area (TPSA) is 66.6 Å². The van der Waals surface area contributed by atoms with Crippen molar-refractivity contribution in [3.63, 3.8) is 0 Å². The summed E-state index contributed by atoms with van der Waals surface area (Å²) in [5, 5.41) is 10.4. The third-order valence-corrected chi connectivity index (χ3v) is 4.05. The minimum absolute atomic E-state index is 0.124. The lowest BCUT2D eigenvalue weighted by Crippen LogP contribution is -2.47. The molecule has 22 heavy (non-hydrogen) atoms. The number of rotatable bonds is 9. The fourth-order valence-corrected chi connectivity index (χ4v) is 2.38. The van der Waals surface area contributed by atoms with Crippen molar-refractivity contribution in [1.82, 2.24) is 4.90 Å². The third kappa shape index (κ3) is 5.28. The summed E-state index contributed by atoms with van der Waals surface area (Å²) < 4.78 is 0. The van der Waals surface area contributed by atoms with Crippen LogP contribution in [0.4, 0.5) is 0 Å². The van der Waals surface area contributed by atoms with Gasteiger partial charge >= 0.3 is 0 Å². The van der Waals surface area contributed by atoms with Crippen molar-refractivity contribution in [3.8, 4) is 0 Å². The van der Waals surface area contributed by atoms with E-state index in [-0.39, 0.29) is 11.9 Å². The number of carbonyl (C=O) groups is 1. The predicted octanol–water partition coefficient (Wildman–Crippen LogP) is 2.64. The fraction of sp³-hybridized carbons (Fsp3) is 0.500. The molecule has 0 spiro atoms. The summed E-state index contributed by atoms with van der Waals surface area (Å²) in [7, 11) is 1.70. The number of carbonyl (C=O) groups excluding carboxylic acids is 1. The number of benzene rings is 1. The lowest BCUT2D eigenvalue weighted by atomic mass is 10.0. The molecule has 1 aromatic rings. The van der Waals surface area contributed by atoms with Crippen LogP contribution in [0.25, 0.3) is 0 Å². The number of nitrogens with zero attached hydrogens (tertiary/aromatic N) is 1. The van der Waals surface area contributed by atoms with Crippen LogP contribution >= 0.6 is 0 Å². The van der Waals surface area contributed by atoms with E-state index >= 15 is 0 Å². The minimum atomic E-state index is -0.719. The number of aliphatic hydroxyl groups excluding tert-OH is 1. The summed E-state index contributed by atoms with van der Waals surface area (Å²) in [5.74, 6) is -0.124. The quantitative estimate of drug-likeness (QED) is 0.544. The van der Waals surface area contributed by atoms with Crippen molar-refractivity contribution in [3.05, 3.63) is 48.6 Å². The van der Waals surface area contributed by atoms with Crippen LogP contribution in [0, 0.1) is 0 Å². The Bertz CT molecular complexity index is 461. The molecular formula is C18H28N2O2. The molecule has 4 nitrogen and oxygen atoms in total. The molecule has 4 heteroatoms.